The smallest absolute Gasteiger partial charge is 0.417 e. The number of ether oxygens (including phenoxy) is 1. The number of carbonyl (C=O) groups excluding carboxylic acids is 2. The third kappa shape index (κ3) is 4.52. The van der Waals surface area contributed by atoms with Crippen LogP contribution in [0.3, 0.4) is 0 Å². The fourth-order valence-corrected chi connectivity index (χ4v) is 1.78. The number of Topliss-reactive ketones (excluding diaryl/α,β-unsaturated/α-hetero) is 1. The van der Waals surface area contributed by atoms with Crippen LogP contribution in [0.4, 0.5) is 13.2 Å². The van der Waals surface area contributed by atoms with Crippen molar-refractivity contribution in [3.8, 4) is 0 Å². The van der Waals surface area contributed by atoms with Gasteiger partial charge >= 0.3 is 12.1 Å². The van der Waals surface area contributed by atoms with Gasteiger partial charge in [0.25, 0.3) is 0 Å². The van der Waals surface area contributed by atoms with Crippen molar-refractivity contribution < 1.29 is 27.5 Å². The first-order valence-corrected chi connectivity index (χ1v) is 6.10. The lowest BCUT2D eigenvalue weighted by Crippen LogP contribution is -2.09. The lowest BCUT2D eigenvalue weighted by Gasteiger charge is -2.10. The van der Waals surface area contributed by atoms with Crippen molar-refractivity contribution in [2.75, 3.05) is 7.11 Å². The fraction of sp³-hybridized carbons (Fsp3) is 0.385. The molecule has 0 aliphatic heterocycles. The lowest BCUT2D eigenvalue weighted by molar-refractivity contribution is -0.140. The van der Waals surface area contributed by atoms with Crippen LogP contribution in [-0.2, 0) is 15.7 Å². The minimum atomic E-state index is -4.61. The van der Waals surface area contributed by atoms with Crippen molar-refractivity contribution in [2.24, 2.45) is 0 Å². The van der Waals surface area contributed by atoms with Gasteiger partial charge in [0.2, 0.25) is 0 Å². The Morgan fingerprint density at radius 1 is 1.25 bits per heavy atom. The van der Waals surface area contributed by atoms with Crippen LogP contribution in [0.15, 0.2) is 18.2 Å². The molecule has 0 aromatic heterocycles. The van der Waals surface area contributed by atoms with Gasteiger partial charge in [-0.1, -0.05) is 11.6 Å². The number of esters is 1. The minimum absolute atomic E-state index is 0.0337. The number of carbonyl (C=O) groups is 2. The average molecular weight is 309 g/mol. The summed E-state index contributed by atoms with van der Waals surface area (Å²) in [7, 11) is 1.22. The second kappa shape index (κ2) is 6.74. The number of hydrogen-bond acceptors (Lipinski definition) is 3. The maximum absolute atomic E-state index is 12.6. The van der Waals surface area contributed by atoms with E-state index in [-0.39, 0.29) is 24.8 Å². The molecule has 0 saturated heterocycles. The largest absolute Gasteiger partial charge is 0.469 e. The van der Waals surface area contributed by atoms with Gasteiger partial charge in [0.15, 0.2) is 5.78 Å². The maximum atomic E-state index is 12.6. The molecule has 0 unspecified atom stereocenters. The summed E-state index contributed by atoms with van der Waals surface area (Å²) in [5.74, 6) is -0.944. The summed E-state index contributed by atoms with van der Waals surface area (Å²) in [5.41, 5.74) is -1.12. The van der Waals surface area contributed by atoms with Crippen LogP contribution in [0.2, 0.25) is 5.02 Å². The quantitative estimate of drug-likeness (QED) is 0.612. The summed E-state index contributed by atoms with van der Waals surface area (Å²) < 4.78 is 42.3. The highest BCUT2D eigenvalue weighted by Gasteiger charge is 2.33. The predicted molar refractivity (Wildman–Crippen MR) is 66.7 cm³/mol. The molecule has 0 aliphatic carbocycles. The van der Waals surface area contributed by atoms with Crippen molar-refractivity contribution in [3.63, 3.8) is 0 Å². The molecule has 0 saturated carbocycles. The van der Waals surface area contributed by atoms with Crippen LogP contribution >= 0.6 is 11.6 Å². The number of alkyl halides is 3. The third-order valence-electron chi connectivity index (χ3n) is 2.61. The average Bonchev–Trinajstić information content (AvgIpc) is 2.37. The van der Waals surface area contributed by atoms with Gasteiger partial charge in [-0.25, -0.2) is 0 Å². The van der Waals surface area contributed by atoms with E-state index in [9.17, 15) is 22.8 Å². The minimum Gasteiger partial charge on any atom is -0.469 e. The molecule has 0 atom stereocenters. The molecule has 0 spiro atoms. The summed E-state index contributed by atoms with van der Waals surface area (Å²) in [6.07, 6.45) is -4.38. The van der Waals surface area contributed by atoms with E-state index >= 15 is 0 Å². The number of rotatable bonds is 5. The van der Waals surface area contributed by atoms with Crippen molar-refractivity contribution >= 4 is 23.4 Å². The van der Waals surface area contributed by atoms with E-state index in [2.05, 4.69) is 4.74 Å². The highest BCUT2D eigenvalue weighted by molar-refractivity contribution is 6.31. The second-order valence-electron chi connectivity index (χ2n) is 4.05. The number of methoxy groups -OCH3 is 1. The summed E-state index contributed by atoms with van der Waals surface area (Å²) in [4.78, 5) is 22.6. The molecule has 0 fully saturated rings. The Labute approximate surface area is 118 Å². The van der Waals surface area contributed by atoms with Gasteiger partial charge in [-0.3, -0.25) is 9.59 Å². The first kappa shape index (κ1) is 16.5. The van der Waals surface area contributed by atoms with Gasteiger partial charge in [-0.05, 0) is 24.6 Å². The molecule has 110 valence electrons. The first-order chi connectivity index (χ1) is 9.25. The van der Waals surface area contributed by atoms with E-state index in [1.165, 1.54) is 13.2 Å². The molecule has 7 heteroatoms. The van der Waals surface area contributed by atoms with Crippen LogP contribution in [-0.4, -0.2) is 18.9 Å². The zero-order valence-electron chi connectivity index (χ0n) is 10.6. The molecule has 1 rings (SSSR count). The SMILES string of the molecule is COC(=O)CCCC(=O)c1ccc(Cl)c(C(F)(F)F)c1. The van der Waals surface area contributed by atoms with Gasteiger partial charge in [0, 0.05) is 18.4 Å². The molecule has 1 aromatic rings. The molecule has 0 amide bonds. The van der Waals surface area contributed by atoms with Crippen molar-refractivity contribution in [3.05, 3.63) is 34.3 Å². The first-order valence-electron chi connectivity index (χ1n) is 5.72. The Hall–Kier alpha value is -1.56. The van der Waals surface area contributed by atoms with Crippen LogP contribution in [0.5, 0.6) is 0 Å². The monoisotopic (exact) mass is 308 g/mol. The molecule has 1 aromatic carbocycles. The van der Waals surface area contributed by atoms with Gasteiger partial charge in [-0.2, -0.15) is 13.2 Å². The van der Waals surface area contributed by atoms with Gasteiger partial charge in [-0.15, -0.1) is 0 Å². The van der Waals surface area contributed by atoms with Gasteiger partial charge in [0.1, 0.15) is 0 Å². The van der Waals surface area contributed by atoms with E-state index in [4.69, 9.17) is 11.6 Å². The normalized spacial score (nSPS) is 11.2. The fourth-order valence-electron chi connectivity index (χ4n) is 1.56. The molecule has 0 radical (unpaired) electrons. The zero-order valence-corrected chi connectivity index (χ0v) is 11.3. The van der Waals surface area contributed by atoms with Crippen molar-refractivity contribution in [1.29, 1.82) is 0 Å². The van der Waals surface area contributed by atoms with E-state index in [1.54, 1.807) is 0 Å². The number of benzene rings is 1. The molecule has 0 heterocycles. The Balaban J connectivity index is 2.77. The van der Waals surface area contributed by atoms with Crippen LogP contribution in [0.25, 0.3) is 0 Å². The summed E-state index contributed by atoms with van der Waals surface area (Å²) in [6.45, 7) is 0. The van der Waals surface area contributed by atoms with Gasteiger partial charge in [0.05, 0.1) is 17.7 Å². The summed E-state index contributed by atoms with van der Waals surface area (Å²) >= 11 is 5.46. The van der Waals surface area contributed by atoms with E-state index < -0.39 is 28.5 Å². The Kier molecular flexibility index (Phi) is 5.56. The number of ketones is 1. The molecule has 0 aliphatic rings. The standard InChI is InChI=1S/C13H12ClF3O3/c1-20-12(19)4-2-3-11(18)8-5-6-10(14)9(7-8)13(15,16)17/h5-7H,2-4H2,1H3. The lowest BCUT2D eigenvalue weighted by atomic mass is 10.0. The van der Waals surface area contributed by atoms with Crippen LogP contribution < -0.4 is 0 Å². The number of hydrogen-bond donors (Lipinski definition) is 0. The molecule has 20 heavy (non-hydrogen) atoms. The number of halogens is 4. The van der Waals surface area contributed by atoms with Crippen molar-refractivity contribution in [1.82, 2.24) is 0 Å². The highest BCUT2D eigenvalue weighted by atomic mass is 35.5. The predicted octanol–water partition coefficient (Wildman–Crippen LogP) is 3.88. The Bertz CT molecular complexity index is 512. The Morgan fingerprint density at radius 2 is 1.90 bits per heavy atom. The summed E-state index contributed by atoms with van der Waals surface area (Å²) in [6, 6.07) is 3.00. The molecular formula is C13H12ClF3O3. The van der Waals surface area contributed by atoms with Gasteiger partial charge < -0.3 is 4.74 Å². The van der Waals surface area contributed by atoms with E-state index in [1.807, 2.05) is 0 Å². The third-order valence-corrected chi connectivity index (χ3v) is 2.94. The molecule has 0 bridgehead atoms. The summed E-state index contributed by atoms with van der Waals surface area (Å²) in [5, 5.41) is -0.455. The van der Waals surface area contributed by atoms with Crippen molar-refractivity contribution in [2.45, 2.75) is 25.4 Å². The van der Waals surface area contributed by atoms with E-state index in [0.717, 1.165) is 12.1 Å². The second-order valence-corrected chi connectivity index (χ2v) is 4.45. The molecule has 0 N–H and O–H groups in total. The zero-order chi connectivity index (χ0) is 15.3. The topological polar surface area (TPSA) is 43.4 Å². The maximum Gasteiger partial charge on any atom is 0.417 e. The molecule has 3 nitrogen and oxygen atoms in total. The van der Waals surface area contributed by atoms with E-state index in [0.29, 0.717) is 0 Å². The Morgan fingerprint density at radius 3 is 2.45 bits per heavy atom. The van der Waals surface area contributed by atoms with Crippen LogP contribution in [0.1, 0.15) is 35.2 Å². The highest BCUT2D eigenvalue weighted by Crippen LogP contribution is 2.35. The van der Waals surface area contributed by atoms with Crippen LogP contribution in [0, 0.1) is 0 Å². The molecular weight excluding hydrogens is 297 g/mol.